The molecule has 3 aliphatic carbocycles. The van der Waals surface area contributed by atoms with E-state index in [4.69, 9.17) is 5.73 Å². The Hall–Kier alpha value is -0.340. The summed E-state index contributed by atoms with van der Waals surface area (Å²) < 4.78 is 1.17. The zero-order valence-electron chi connectivity index (χ0n) is 9.45. The minimum absolute atomic E-state index is 0.398. The van der Waals surface area contributed by atoms with Crippen molar-refractivity contribution in [1.29, 1.82) is 0 Å². The molecule has 0 radical (unpaired) electrons. The van der Waals surface area contributed by atoms with E-state index >= 15 is 0 Å². The molecule has 3 fully saturated rings. The van der Waals surface area contributed by atoms with Crippen molar-refractivity contribution in [2.24, 2.45) is 11.7 Å². The van der Waals surface area contributed by atoms with E-state index in [2.05, 4.69) is 40.2 Å². The normalized spacial score (nSPS) is 37.6. The van der Waals surface area contributed by atoms with Gasteiger partial charge >= 0.3 is 0 Å². The minimum atomic E-state index is 0.398. The third-order valence-electron chi connectivity index (χ3n) is 4.68. The summed E-state index contributed by atoms with van der Waals surface area (Å²) in [5, 5.41) is 0. The van der Waals surface area contributed by atoms with Gasteiger partial charge in [0.1, 0.15) is 0 Å². The summed E-state index contributed by atoms with van der Waals surface area (Å²) in [6, 6.07) is 9.32. The molecule has 3 saturated carbocycles. The van der Waals surface area contributed by atoms with Gasteiger partial charge in [0.2, 0.25) is 0 Å². The molecule has 1 aromatic rings. The fourth-order valence-electron chi connectivity index (χ4n) is 3.65. The van der Waals surface area contributed by atoms with Crippen LogP contribution in [0.5, 0.6) is 0 Å². The largest absolute Gasteiger partial charge is 0.327 e. The molecular formula is C14H18BrN. The second-order valence-electron chi connectivity index (χ2n) is 5.49. The number of benzene rings is 1. The fourth-order valence-corrected chi connectivity index (χ4v) is 3.92. The zero-order chi connectivity index (χ0) is 11.2. The Bertz CT molecular complexity index is 376. The molecule has 0 aromatic heterocycles. The van der Waals surface area contributed by atoms with Crippen LogP contribution >= 0.6 is 15.9 Å². The van der Waals surface area contributed by atoms with Crippen LogP contribution in [-0.2, 0) is 5.41 Å². The average Bonchev–Trinajstić information content (AvgIpc) is 2.31. The van der Waals surface area contributed by atoms with Crippen LogP contribution in [-0.4, -0.2) is 6.04 Å². The number of hydrogen-bond donors (Lipinski definition) is 1. The third-order valence-corrected chi connectivity index (χ3v) is 5.20. The Morgan fingerprint density at radius 3 is 2.31 bits per heavy atom. The van der Waals surface area contributed by atoms with E-state index in [1.807, 2.05) is 0 Å². The van der Waals surface area contributed by atoms with Crippen molar-refractivity contribution in [3.05, 3.63) is 34.3 Å². The Labute approximate surface area is 106 Å². The summed E-state index contributed by atoms with van der Waals surface area (Å²) in [7, 11) is 0. The third kappa shape index (κ3) is 1.63. The van der Waals surface area contributed by atoms with Crippen LogP contribution in [0.25, 0.3) is 0 Å². The number of rotatable bonds is 1. The molecule has 0 spiro atoms. The highest BCUT2D eigenvalue weighted by molar-refractivity contribution is 9.10. The summed E-state index contributed by atoms with van der Waals surface area (Å²) in [6.07, 6.45) is 6.54. The Kier molecular flexibility index (Phi) is 2.60. The maximum Gasteiger partial charge on any atom is 0.0175 e. The molecule has 0 heterocycles. The van der Waals surface area contributed by atoms with Crippen LogP contribution in [0.4, 0.5) is 0 Å². The molecule has 2 bridgehead atoms. The van der Waals surface area contributed by atoms with E-state index in [0.29, 0.717) is 11.5 Å². The van der Waals surface area contributed by atoms with Crippen molar-refractivity contribution in [3.8, 4) is 0 Å². The van der Waals surface area contributed by atoms with Gasteiger partial charge in [-0.25, -0.2) is 0 Å². The molecular weight excluding hydrogens is 262 g/mol. The highest BCUT2D eigenvalue weighted by Gasteiger charge is 2.45. The lowest BCUT2D eigenvalue weighted by Crippen LogP contribution is -2.49. The van der Waals surface area contributed by atoms with Crippen molar-refractivity contribution in [1.82, 2.24) is 0 Å². The molecule has 2 heteroatoms. The molecule has 86 valence electrons. The van der Waals surface area contributed by atoms with E-state index in [1.165, 1.54) is 42.1 Å². The van der Waals surface area contributed by atoms with Gasteiger partial charge in [-0.1, -0.05) is 28.1 Å². The molecule has 4 rings (SSSR count). The lowest BCUT2D eigenvalue weighted by molar-refractivity contribution is 0.111. The van der Waals surface area contributed by atoms with Gasteiger partial charge in [0, 0.05) is 10.5 Å². The molecule has 16 heavy (non-hydrogen) atoms. The first-order chi connectivity index (χ1) is 7.70. The maximum atomic E-state index is 6.26. The first kappa shape index (κ1) is 10.8. The number of hydrogen-bond acceptors (Lipinski definition) is 1. The van der Waals surface area contributed by atoms with Gasteiger partial charge < -0.3 is 5.73 Å². The van der Waals surface area contributed by atoms with Crippen molar-refractivity contribution < 1.29 is 0 Å². The Morgan fingerprint density at radius 1 is 1.12 bits per heavy atom. The van der Waals surface area contributed by atoms with Gasteiger partial charge in [-0.2, -0.15) is 0 Å². The van der Waals surface area contributed by atoms with Crippen LogP contribution in [0.2, 0.25) is 0 Å². The van der Waals surface area contributed by atoms with Crippen molar-refractivity contribution in [2.75, 3.05) is 0 Å². The van der Waals surface area contributed by atoms with Crippen LogP contribution < -0.4 is 5.73 Å². The second-order valence-corrected chi connectivity index (χ2v) is 6.41. The second kappa shape index (κ2) is 3.85. The molecule has 0 aliphatic heterocycles. The van der Waals surface area contributed by atoms with Gasteiger partial charge in [0.05, 0.1) is 0 Å². The molecule has 3 aliphatic rings. The van der Waals surface area contributed by atoms with Crippen LogP contribution in [0.1, 0.15) is 37.7 Å². The predicted octanol–water partition coefficient (Wildman–Crippen LogP) is 3.61. The first-order valence-electron chi connectivity index (χ1n) is 6.21. The predicted molar refractivity (Wildman–Crippen MR) is 70.4 cm³/mol. The monoisotopic (exact) mass is 279 g/mol. The summed E-state index contributed by atoms with van der Waals surface area (Å²) in [4.78, 5) is 0. The van der Waals surface area contributed by atoms with E-state index in [-0.39, 0.29) is 0 Å². The zero-order valence-corrected chi connectivity index (χ0v) is 11.0. The van der Waals surface area contributed by atoms with Gasteiger partial charge in [-0.15, -0.1) is 0 Å². The SMILES string of the molecule is NC1CC2(c3ccc(Br)cc3)CCC1CC2. The van der Waals surface area contributed by atoms with Crippen molar-refractivity contribution in [3.63, 3.8) is 0 Å². The van der Waals surface area contributed by atoms with Gasteiger partial charge in [0.15, 0.2) is 0 Å². The van der Waals surface area contributed by atoms with E-state index in [0.717, 1.165) is 5.92 Å². The van der Waals surface area contributed by atoms with Crippen LogP contribution in [0.15, 0.2) is 28.7 Å². The summed E-state index contributed by atoms with van der Waals surface area (Å²) in [5.41, 5.74) is 8.16. The van der Waals surface area contributed by atoms with Gasteiger partial charge in [-0.3, -0.25) is 0 Å². The minimum Gasteiger partial charge on any atom is -0.327 e. The quantitative estimate of drug-likeness (QED) is 0.835. The topological polar surface area (TPSA) is 26.0 Å². The molecule has 0 amide bonds. The first-order valence-corrected chi connectivity index (χ1v) is 7.01. The summed E-state index contributed by atoms with van der Waals surface area (Å²) in [6.45, 7) is 0. The molecule has 1 unspecified atom stereocenters. The number of halogens is 1. The van der Waals surface area contributed by atoms with Crippen LogP contribution in [0, 0.1) is 5.92 Å². The van der Waals surface area contributed by atoms with E-state index in [9.17, 15) is 0 Å². The van der Waals surface area contributed by atoms with Crippen molar-refractivity contribution >= 4 is 15.9 Å². The number of fused-ring (bicyclic) bond motifs is 3. The Balaban J connectivity index is 1.95. The van der Waals surface area contributed by atoms with E-state index in [1.54, 1.807) is 0 Å². The standard InChI is InChI=1S/C14H18BrN/c15-12-3-1-11(2-4-12)14-7-5-10(6-8-14)13(16)9-14/h1-4,10,13H,5-9,16H2. The van der Waals surface area contributed by atoms with Gasteiger partial charge in [0.25, 0.3) is 0 Å². The fraction of sp³-hybridized carbons (Fsp3) is 0.571. The lowest BCUT2D eigenvalue weighted by atomic mass is 9.56. The maximum absolute atomic E-state index is 6.26. The summed E-state index contributed by atoms with van der Waals surface area (Å²) >= 11 is 3.51. The molecule has 1 nitrogen and oxygen atoms in total. The average molecular weight is 280 g/mol. The van der Waals surface area contributed by atoms with Gasteiger partial charge in [-0.05, 0) is 61.1 Å². The smallest absolute Gasteiger partial charge is 0.0175 e. The molecule has 1 atom stereocenters. The lowest BCUT2D eigenvalue weighted by Gasteiger charge is -2.50. The Morgan fingerprint density at radius 2 is 1.75 bits per heavy atom. The molecule has 0 saturated heterocycles. The molecule has 1 aromatic carbocycles. The highest BCUT2D eigenvalue weighted by atomic mass is 79.9. The van der Waals surface area contributed by atoms with Crippen molar-refractivity contribution in [2.45, 2.75) is 43.6 Å². The van der Waals surface area contributed by atoms with E-state index < -0.39 is 0 Å². The van der Waals surface area contributed by atoms with Crippen LogP contribution in [0.3, 0.4) is 0 Å². The number of nitrogens with two attached hydrogens (primary N) is 1. The summed E-state index contributed by atoms with van der Waals surface area (Å²) in [5.74, 6) is 0.803. The highest BCUT2D eigenvalue weighted by Crippen LogP contribution is 2.51. The molecule has 2 N–H and O–H groups in total.